The predicted octanol–water partition coefficient (Wildman–Crippen LogP) is 3.80. The highest BCUT2D eigenvalue weighted by Gasteiger charge is 2.76. The molecule has 0 aromatic heterocycles. The molecule has 2 aromatic rings. The Kier molecular flexibility index (Phi) is 6.86. The predicted molar refractivity (Wildman–Crippen MR) is 153 cm³/mol. The van der Waals surface area contributed by atoms with Gasteiger partial charge in [-0.15, -0.1) is 0 Å². The number of rotatable bonds is 5. The highest BCUT2D eigenvalue weighted by atomic mass is 16.6. The molecule has 2 amide bonds. The topological polar surface area (TPSA) is 96.4 Å². The molecule has 1 spiro atoms. The van der Waals surface area contributed by atoms with Crippen LogP contribution in [0.1, 0.15) is 42.5 Å². The minimum atomic E-state index is -1.43. The summed E-state index contributed by atoms with van der Waals surface area (Å²) in [6, 6.07) is 13.2. The molecule has 4 aliphatic heterocycles. The number of hydrogen-bond donors (Lipinski definition) is 1. The molecule has 6 atom stereocenters. The Bertz CT molecular complexity index is 1440. The van der Waals surface area contributed by atoms with Crippen molar-refractivity contribution in [3.8, 4) is 0 Å². The summed E-state index contributed by atoms with van der Waals surface area (Å²) in [6.07, 6.45) is 8.49. The lowest BCUT2D eigenvalue weighted by atomic mass is 9.73. The van der Waals surface area contributed by atoms with Crippen LogP contribution in [-0.2, 0) is 23.9 Å². The van der Waals surface area contributed by atoms with Crippen molar-refractivity contribution in [3.63, 3.8) is 0 Å². The van der Waals surface area contributed by atoms with E-state index in [4.69, 9.17) is 9.47 Å². The van der Waals surface area contributed by atoms with Gasteiger partial charge in [-0.3, -0.25) is 14.4 Å². The molecule has 2 saturated heterocycles. The van der Waals surface area contributed by atoms with Crippen molar-refractivity contribution < 1.29 is 29.0 Å². The number of ether oxygens (including phenoxy) is 2. The van der Waals surface area contributed by atoms with Gasteiger partial charge in [-0.25, -0.2) is 0 Å². The van der Waals surface area contributed by atoms with Gasteiger partial charge in [0.2, 0.25) is 5.91 Å². The largest absolute Gasteiger partial charge is 0.465 e. The molecule has 1 N–H and O–H groups in total. The molecule has 6 rings (SSSR count). The number of aryl methyl sites for hydroxylation is 2. The zero-order valence-electron chi connectivity index (χ0n) is 23.7. The smallest absolute Gasteiger partial charge is 0.313 e. The van der Waals surface area contributed by atoms with Gasteiger partial charge in [0.25, 0.3) is 5.91 Å². The van der Waals surface area contributed by atoms with Crippen molar-refractivity contribution in [2.75, 3.05) is 24.7 Å². The number of aliphatic hydroxyl groups is 1. The molecular weight excluding hydrogens is 520 g/mol. The van der Waals surface area contributed by atoms with Crippen molar-refractivity contribution in [1.29, 1.82) is 0 Å². The average molecular weight is 557 g/mol. The van der Waals surface area contributed by atoms with E-state index in [1.807, 2.05) is 93.6 Å². The summed E-state index contributed by atoms with van der Waals surface area (Å²) in [5.74, 6) is -3.15. The molecule has 0 radical (unpaired) electrons. The van der Waals surface area contributed by atoms with Crippen LogP contribution in [0.5, 0.6) is 0 Å². The summed E-state index contributed by atoms with van der Waals surface area (Å²) >= 11 is 0. The standard InChI is InChI=1S/C33H36N2O6/c1-4-32-15-8-9-18-40-31(39)27(32)26-29(37)35(25(20-36)23-11-6-5-7-12-23)28-30(38)34(17-10-16-33(26,28)41-32)24-19-21(2)13-14-22(24)3/h5-8,10-16,19,25-28,36H,4,9,17-18,20H2,1-3H3/t25-,26+,27-,28?,32+,33+/m1/s1. The number of fused-ring (bicyclic) bond motifs is 2. The number of hydrogen-bond acceptors (Lipinski definition) is 6. The maximum atomic E-state index is 14.8. The molecule has 214 valence electrons. The number of aliphatic hydroxyl groups excluding tert-OH is 1. The summed E-state index contributed by atoms with van der Waals surface area (Å²) < 4.78 is 12.6. The third kappa shape index (κ3) is 4.07. The summed E-state index contributed by atoms with van der Waals surface area (Å²) in [4.78, 5) is 46.4. The number of anilines is 1. The maximum absolute atomic E-state index is 14.8. The first-order chi connectivity index (χ1) is 19.8. The normalized spacial score (nSPS) is 31.6. The van der Waals surface area contributed by atoms with E-state index in [2.05, 4.69) is 0 Å². The van der Waals surface area contributed by atoms with Gasteiger partial charge in [0.05, 0.1) is 25.2 Å². The fourth-order valence-electron chi connectivity index (χ4n) is 7.26. The van der Waals surface area contributed by atoms with E-state index in [0.717, 1.165) is 16.8 Å². The summed E-state index contributed by atoms with van der Waals surface area (Å²) in [6.45, 7) is 5.94. The van der Waals surface area contributed by atoms with Crippen molar-refractivity contribution >= 4 is 23.5 Å². The Balaban J connectivity index is 1.57. The Morgan fingerprint density at radius 1 is 1.00 bits per heavy atom. The highest BCUT2D eigenvalue weighted by Crippen LogP contribution is 2.59. The first-order valence-electron chi connectivity index (χ1n) is 14.4. The second kappa shape index (κ2) is 10.3. The molecule has 4 aliphatic rings. The van der Waals surface area contributed by atoms with Gasteiger partial charge in [0.15, 0.2) is 0 Å². The second-order valence-corrected chi connectivity index (χ2v) is 11.5. The number of nitrogens with zero attached hydrogens (tertiary/aromatic N) is 2. The van der Waals surface area contributed by atoms with Crippen molar-refractivity contribution in [2.24, 2.45) is 11.8 Å². The lowest BCUT2D eigenvalue weighted by Gasteiger charge is -2.41. The quantitative estimate of drug-likeness (QED) is 0.445. The van der Waals surface area contributed by atoms with Crippen molar-refractivity contribution in [2.45, 2.75) is 56.9 Å². The molecular formula is C33H36N2O6. The van der Waals surface area contributed by atoms with E-state index in [-0.39, 0.29) is 19.1 Å². The van der Waals surface area contributed by atoms with E-state index in [1.54, 1.807) is 4.90 Å². The number of carbonyl (C=O) groups excluding carboxylic acids is 3. The lowest BCUT2D eigenvalue weighted by Crippen LogP contribution is -2.57. The SMILES string of the molecule is CC[C@]12C=CCCOC(=O)[C@H]1[C@H]1C(=O)N([C@H](CO)c3ccccc3)C3C(=O)N(c4cc(C)ccc4C)CC=C[C@@]31O2. The maximum Gasteiger partial charge on any atom is 0.313 e. The number of benzene rings is 2. The molecule has 8 nitrogen and oxygen atoms in total. The summed E-state index contributed by atoms with van der Waals surface area (Å²) in [5, 5.41) is 10.7. The Morgan fingerprint density at radius 3 is 2.51 bits per heavy atom. The fraction of sp³-hybridized carbons (Fsp3) is 0.424. The Morgan fingerprint density at radius 2 is 1.78 bits per heavy atom. The van der Waals surface area contributed by atoms with Gasteiger partial charge in [-0.05, 0) is 49.4 Å². The number of amides is 2. The van der Waals surface area contributed by atoms with Crippen LogP contribution in [0.3, 0.4) is 0 Å². The van der Waals surface area contributed by atoms with Crippen LogP contribution in [0.15, 0.2) is 72.8 Å². The number of carbonyl (C=O) groups is 3. The third-order valence-electron chi connectivity index (χ3n) is 9.19. The molecule has 0 saturated carbocycles. The van der Waals surface area contributed by atoms with Crippen LogP contribution in [0.2, 0.25) is 0 Å². The number of esters is 1. The fourth-order valence-corrected chi connectivity index (χ4v) is 7.26. The van der Waals surface area contributed by atoms with Gasteiger partial charge in [-0.1, -0.05) is 73.7 Å². The van der Waals surface area contributed by atoms with Gasteiger partial charge in [0.1, 0.15) is 23.2 Å². The second-order valence-electron chi connectivity index (χ2n) is 11.5. The van der Waals surface area contributed by atoms with Gasteiger partial charge in [0, 0.05) is 12.2 Å². The summed E-state index contributed by atoms with van der Waals surface area (Å²) in [5.41, 5.74) is 0.832. The monoisotopic (exact) mass is 556 g/mol. The van der Waals surface area contributed by atoms with Gasteiger partial charge >= 0.3 is 5.97 Å². The van der Waals surface area contributed by atoms with E-state index in [0.29, 0.717) is 18.4 Å². The van der Waals surface area contributed by atoms with E-state index < -0.39 is 53.6 Å². The molecule has 0 aliphatic carbocycles. The highest BCUT2D eigenvalue weighted by molar-refractivity contribution is 6.06. The van der Waals surface area contributed by atoms with Gasteiger partial charge < -0.3 is 24.4 Å². The average Bonchev–Trinajstić information content (AvgIpc) is 3.31. The number of likely N-dealkylation sites (tertiary alicyclic amines) is 1. The van der Waals surface area contributed by atoms with E-state index >= 15 is 0 Å². The van der Waals surface area contributed by atoms with Crippen LogP contribution in [0, 0.1) is 25.7 Å². The first kappa shape index (κ1) is 27.4. The van der Waals surface area contributed by atoms with Crippen LogP contribution < -0.4 is 4.90 Å². The molecule has 2 aromatic carbocycles. The third-order valence-corrected chi connectivity index (χ3v) is 9.19. The zero-order chi connectivity index (χ0) is 28.9. The molecule has 0 bridgehead atoms. The van der Waals surface area contributed by atoms with Crippen LogP contribution in [0.25, 0.3) is 0 Å². The molecule has 4 heterocycles. The molecule has 1 unspecified atom stereocenters. The van der Waals surface area contributed by atoms with E-state index in [1.165, 1.54) is 4.90 Å². The first-order valence-corrected chi connectivity index (χ1v) is 14.4. The zero-order valence-corrected chi connectivity index (χ0v) is 23.7. The molecule has 8 heteroatoms. The number of cyclic esters (lactones) is 1. The molecule has 2 fully saturated rings. The van der Waals surface area contributed by atoms with Crippen LogP contribution >= 0.6 is 0 Å². The van der Waals surface area contributed by atoms with Gasteiger partial charge in [-0.2, -0.15) is 0 Å². The molecule has 41 heavy (non-hydrogen) atoms. The summed E-state index contributed by atoms with van der Waals surface area (Å²) in [7, 11) is 0. The minimum Gasteiger partial charge on any atom is -0.465 e. The van der Waals surface area contributed by atoms with Crippen molar-refractivity contribution in [1.82, 2.24) is 4.90 Å². The van der Waals surface area contributed by atoms with Crippen LogP contribution in [-0.4, -0.2) is 64.8 Å². The van der Waals surface area contributed by atoms with Crippen molar-refractivity contribution in [3.05, 3.63) is 89.5 Å². The van der Waals surface area contributed by atoms with E-state index in [9.17, 15) is 19.5 Å². The van der Waals surface area contributed by atoms with Crippen LogP contribution in [0.4, 0.5) is 5.69 Å². The Labute approximate surface area is 240 Å². The minimum absolute atomic E-state index is 0.213. The lowest BCUT2D eigenvalue weighted by molar-refractivity contribution is -0.161. The Hall–Kier alpha value is -3.75.